The number of carbonyl (C=O) groups excluding carboxylic acids is 1. The van der Waals surface area contributed by atoms with Crippen molar-refractivity contribution in [3.05, 3.63) is 34.3 Å². The predicted octanol–water partition coefficient (Wildman–Crippen LogP) is 3.25. The number of thiophene rings is 1. The molecule has 0 radical (unpaired) electrons. The number of aromatic nitrogens is 2. The number of nitrogens with zero attached hydrogens (tertiary/aromatic N) is 2. The first-order valence-corrected chi connectivity index (χ1v) is 8.70. The first-order valence-electron chi connectivity index (χ1n) is 7.82. The lowest BCUT2D eigenvalue weighted by atomic mass is 10.1. The lowest BCUT2D eigenvalue weighted by Crippen LogP contribution is -2.15. The van der Waals surface area contributed by atoms with Crippen LogP contribution in [0.3, 0.4) is 0 Å². The Balaban J connectivity index is 1.41. The first kappa shape index (κ1) is 14.0. The molecule has 22 heavy (non-hydrogen) atoms. The molecule has 116 valence electrons. The van der Waals surface area contributed by atoms with Gasteiger partial charge in [0.2, 0.25) is 0 Å². The predicted molar refractivity (Wildman–Crippen MR) is 85.4 cm³/mol. The van der Waals surface area contributed by atoms with Crippen molar-refractivity contribution in [2.24, 2.45) is 0 Å². The van der Waals surface area contributed by atoms with Crippen LogP contribution in [-0.2, 0) is 11.3 Å². The fourth-order valence-corrected chi connectivity index (χ4v) is 3.81. The lowest BCUT2D eigenvalue weighted by Gasteiger charge is -2.08. The average molecular weight is 317 g/mol. The van der Waals surface area contributed by atoms with Crippen molar-refractivity contribution < 1.29 is 9.53 Å². The molecule has 2 aliphatic rings. The van der Waals surface area contributed by atoms with Gasteiger partial charge in [0.25, 0.3) is 5.91 Å². The van der Waals surface area contributed by atoms with E-state index in [1.54, 1.807) is 6.20 Å². The van der Waals surface area contributed by atoms with Crippen molar-refractivity contribution in [2.75, 3.05) is 11.9 Å². The number of carbonyl (C=O) groups is 1. The quantitative estimate of drug-likeness (QED) is 0.921. The van der Waals surface area contributed by atoms with Gasteiger partial charge in [0.1, 0.15) is 0 Å². The molecule has 2 fully saturated rings. The van der Waals surface area contributed by atoms with Crippen molar-refractivity contribution in [3.8, 4) is 0 Å². The van der Waals surface area contributed by atoms with Crippen LogP contribution in [0.2, 0.25) is 0 Å². The summed E-state index contributed by atoms with van der Waals surface area (Å²) < 4.78 is 7.46. The summed E-state index contributed by atoms with van der Waals surface area (Å²) in [5.74, 6) is 0.572. The molecule has 6 heteroatoms. The highest BCUT2D eigenvalue weighted by Gasteiger charge is 2.29. The van der Waals surface area contributed by atoms with E-state index in [4.69, 9.17) is 4.74 Å². The van der Waals surface area contributed by atoms with Gasteiger partial charge in [-0.15, -0.1) is 11.3 Å². The van der Waals surface area contributed by atoms with Crippen molar-refractivity contribution in [1.82, 2.24) is 9.78 Å². The van der Waals surface area contributed by atoms with Crippen LogP contribution in [0.1, 0.15) is 46.8 Å². The van der Waals surface area contributed by atoms with Gasteiger partial charge in [-0.2, -0.15) is 5.10 Å². The first-order chi connectivity index (χ1) is 10.8. The number of amides is 1. The molecule has 5 nitrogen and oxygen atoms in total. The standard InChI is InChI=1S/C16H19N3O2S/c20-16(15-14(5-7-22-15)11-3-4-11)18-12-8-17-19(9-12)10-13-2-1-6-21-13/h5,7-9,11,13H,1-4,6,10H2,(H,18,20)/t13-/m1/s1. The Hall–Kier alpha value is -1.66. The zero-order chi connectivity index (χ0) is 14.9. The molecule has 1 aliphatic carbocycles. The summed E-state index contributed by atoms with van der Waals surface area (Å²) in [5, 5.41) is 9.27. The second kappa shape index (κ2) is 5.85. The van der Waals surface area contributed by atoms with Gasteiger partial charge in [-0.3, -0.25) is 9.48 Å². The summed E-state index contributed by atoms with van der Waals surface area (Å²) in [4.78, 5) is 13.3. The minimum atomic E-state index is -0.0198. The summed E-state index contributed by atoms with van der Waals surface area (Å²) >= 11 is 1.52. The molecule has 1 saturated carbocycles. The van der Waals surface area contributed by atoms with E-state index in [0.717, 1.165) is 36.6 Å². The van der Waals surface area contributed by atoms with Gasteiger partial charge in [0.05, 0.1) is 29.4 Å². The minimum absolute atomic E-state index is 0.0198. The van der Waals surface area contributed by atoms with Gasteiger partial charge in [0, 0.05) is 12.8 Å². The van der Waals surface area contributed by atoms with E-state index in [2.05, 4.69) is 16.5 Å². The highest BCUT2D eigenvalue weighted by atomic mass is 32.1. The Labute approximate surface area is 133 Å². The Morgan fingerprint density at radius 2 is 2.36 bits per heavy atom. The molecule has 4 rings (SSSR count). The van der Waals surface area contributed by atoms with Crippen molar-refractivity contribution in [3.63, 3.8) is 0 Å². The topological polar surface area (TPSA) is 56.2 Å². The third-order valence-corrected chi connectivity index (χ3v) is 5.15. The van der Waals surface area contributed by atoms with Crippen LogP contribution in [-0.4, -0.2) is 28.4 Å². The molecule has 2 aromatic heterocycles. The SMILES string of the molecule is O=C(Nc1cnn(C[C@H]2CCCO2)c1)c1sccc1C1CC1. The monoisotopic (exact) mass is 317 g/mol. The Kier molecular flexibility index (Phi) is 3.72. The maximum absolute atomic E-state index is 12.4. The number of hydrogen-bond donors (Lipinski definition) is 1. The molecule has 1 N–H and O–H groups in total. The smallest absolute Gasteiger partial charge is 0.266 e. The summed E-state index contributed by atoms with van der Waals surface area (Å²) in [6, 6.07) is 2.08. The van der Waals surface area contributed by atoms with E-state index in [1.165, 1.54) is 29.7 Å². The minimum Gasteiger partial charge on any atom is -0.376 e. The van der Waals surface area contributed by atoms with E-state index in [-0.39, 0.29) is 12.0 Å². The van der Waals surface area contributed by atoms with E-state index in [9.17, 15) is 4.79 Å². The van der Waals surface area contributed by atoms with E-state index in [1.807, 2.05) is 16.3 Å². The normalized spacial score (nSPS) is 21.2. The molecule has 1 amide bonds. The van der Waals surface area contributed by atoms with Gasteiger partial charge in [-0.25, -0.2) is 0 Å². The number of rotatable bonds is 5. The average Bonchev–Trinajstić information content (AvgIpc) is 2.96. The number of ether oxygens (including phenoxy) is 1. The van der Waals surface area contributed by atoms with Gasteiger partial charge in [-0.05, 0) is 48.6 Å². The third kappa shape index (κ3) is 2.94. The van der Waals surface area contributed by atoms with Gasteiger partial charge >= 0.3 is 0 Å². The van der Waals surface area contributed by atoms with Crippen LogP contribution in [0.15, 0.2) is 23.8 Å². The Bertz CT molecular complexity index is 668. The Morgan fingerprint density at radius 1 is 1.45 bits per heavy atom. The van der Waals surface area contributed by atoms with E-state index < -0.39 is 0 Å². The lowest BCUT2D eigenvalue weighted by molar-refractivity contribution is 0.0940. The molecule has 1 aliphatic heterocycles. The fraction of sp³-hybridized carbons (Fsp3) is 0.500. The van der Waals surface area contributed by atoms with Gasteiger partial charge in [-0.1, -0.05) is 0 Å². The van der Waals surface area contributed by atoms with E-state index >= 15 is 0 Å². The van der Waals surface area contributed by atoms with Gasteiger partial charge < -0.3 is 10.1 Å². The maximum Gasteiger partial charge on any atom is 0.266 e. The molecule has 0 bridgehead atoms. The molecule has 0 unspecified atom stereocenters. The van der Waals surface area contributed by atoms with Crippen molar-refractivity contribution >= 4 is 22.9 Å². The second-order valence-corrected chi connectivity index (χ2v) is 6.94. The van der Waals surface area contributed by atoms with Crippen LogP contribution < -0.4 is 5.32 Å². The van der Waals surface area contributed by atoms with Crippen LogP contribution in [0, 0.1) is 0 Å². The van der Waals surface area contributed by atoms with Gasteiger partial charge in [0.15, 0.2) is 0 Å². The molecule has 1 saturated heterocycles. The van der Waals surface area contributed by atoms with Crippen LogP contribution in [0.5, 0.6) is 0 Å². The van der Waals surface area contributed by atoms with E-state index in [0.29, 0.717) is 5.92 Å². The third-order valence-electron chi connectivity index (χ3n) is 4.22. The highest BCUT2D eigenvalue weighted by Crippen LogP contribution is 2.43. The summed E-state index contributed by atoms with van der Waals surface area (Å²) in [7, 11) is 0. The zero-order valence-corrected chi connectivity index (χ0v) is 13.1. The Morgan fingerprint density at radius 3 is 3.14 bits per heavy atom. The molecule has 0 aromatic carbocycles. The summed E-state index contributed by atoms with van der Waals surface area (Å²) in [5.41, 5.74) is 1.95. The van der Waals surface area contributed by atoms with Crippen molar-refractivity contribution in [2.45, 2.75) is 44.2 Å². The molecule has 1 atom stereocenters. The largest absolute Gasteiger partial charge is 0.376 e. The maximum atomic E-state index is 12.4. The van der Waals surface area contributed by atoms with Crippen LogP contribution in [0.25, 0.3) is 0 Å². The second-order valence-electron chi connectivity index (χ2n) is 6.02. The number of hydrogen-bond acceptors (Lipinski definition) is 4. The molecular formula is C16H19N3O2S. The highest BCUT2D eigenvalue weighted by molar-refractivity contribution is 7.12. The molecule has 0 spiro atoms. The summed E-state index contributed by atoms with van der Waals surface area (Å²) in [6.07, 6.45) is 8.45. The molecule has 2 aromatic rings. The molecule has 3 heterocycles. The van der Waals surface area contributed by atoms with Crippen LogP contribution >= 0.6 is 11.3 Å². The fourth-order valence-electron chi connectivity index (χ4n) is 2.93. The number of nitrogens with one attached hydrogen (secondary N) is 1. The van der Waals surface area contributed by atoms with Crippen LogP contribution in [0.4, 0.5) is 5.69 Å². The van der Waals surface area contributed by atoms with Crippen molar-refractivity contribution in [1.29, 1.82) is 0 Å². The zero-order valence-electron chi connectivity index (χ0n) is 12.3. The summed E-state index contributed by atoms with van der Waals surface area (Å²) in [6.45, 7) is 1.60. The molecular weight excluding hydrogens is 298 g/mol. The number of anilines is 1.